The predicted octanol–water partition coefficient (Wildman–Crippen LogP) is 1.62. The molecule has 7 nitrogen and oxygen atoms in total. The molecule has 0 radical (unpaired) electrons. The summed E-state index contributed by atoms with van der Waals surface area (Å²) in [7, 11) is 0. The summed E-state index contributed by atoms with van der Waals surface area (Å²) in [6.07, 6.45) is 0.136. The summed E-state index contributed by atoms with van der Waals surface area (Å²) in [4.78, 5) is 22.8. The zero-order valence-electron chi connectivity index (χ0n) is 11.2. The molecule has 0 aliphatic rings. The van der Waals surface area contributed by atoms with Crippen LogP contribution in [-0.4, -0.2) is 37.5 Å². The largest absolute Gasteiger partial charge is 0.481 e. The molecule has 0 spiro atoms. The number of nitrogens with two attached hydrogens (primary N) is 1. The number of carbonyl (C=O) groups excluding carboxylic acids is 1. The number of nitrogens with zero attached hydrogens (tertiary/aromatic N) is 3. The smallest absolute Gasteiger partial charge is 0.313 e. The molecular weight excluding hydrogens is 312 g/mol. The molecule has 1 amide bonds. The number of carboxylic acids is 1. The molecule has 1 atom stereocenters. The van der Waals surface area contributed by atoms with Gasteiger partial charge in [0.15, 0.2) is 11.0 Å². The molecule has 1 unspecified atom stereocenters. The van der Waals surface area contributed by atoms with Crippen LogP contribution >= 0.6 is 23.1 Å². The minimum absolute atomic E-state index is 0.119. The number of carboxylic acid groups (broad SMARTS) is 1. The molecule has 0 aliphatic carbocycles. The number of carbonyl (C=O) groups is 2. The van der Waals surface area contributed by atoms with Crippen LogP contribution in [0.2, 0.25) is 0 Å². The van der Waals surface area contributed by atoms with E-state index >= 15 is 0 Å². The van der Waals surface area contributed by atoms with Gasteiger partial charge in [-0.2, -0.15) is 0 Å². The molecule has 0 saturated heterocycles. The molecule has 0 fully saturated rings. The van der Waals surface area contributed by atoms with Crippen LogP contribution in [0.25, 0.3) is 10.7 Å². The second-order valence-electron chi connectivity index (χ2n) is 4.36. The highest BCUT2D eigenvalue weighted by atomic mass is 32.2. The van der Waals surface area contributed by atoms with Crippen molar-refractivity contribution in [2.24, 2.45) is 5.73 Å². The first kappa shape index (κ1) is 15.5. The minimum atomic E-state index is -0.935. The van der Waals surface area contributed by atoms with E-state index in [-0.39, 0.29) is 18.2 Å². The molecule has 2 aromatic heterocycles. The monoisotopic (exact) mass is 326 g/mol. The van der Waals surface area contributed by atoms with Crippen molar-refractivity contribution in [3.63, 3.8) is 0 Å². The van der Waals surface area contributed by atoms with Crippen LogP contribution in [-0.2, 0) is 9.59 Å². The molecule has 0 saturated carbocycles. The van der Waals surface area contributed by atoms with Gasteiger partial charge in [-0.25, -0.2) is 0 Å². The van der Waals surface area contributed by atoms with Gasteiger partial charge in [0.1, 0.15) is 0 Å². The average Bonchev–Trinajstić information content (AvgIpc) is 3.04. The third-order valence-corrected chi connectivity index (χ3v) is 4.46. The zero-order chi connectivity index (χ0) is 15.4. The van der Waals surface area contributed by atoms with E-state index in [1.807, 2.05) is 24.4 Å². The Bertz CT molecular complexity index is 639. The van der Waals surface area contributed by atoms with E-state index in [2.05, 4.69) is 10.2 Å². The first-order valence-electron chi connectivity index (χ1n) is 6.10. The van der Waals surface area contributed by atoms with Gasteiger partial charge < -0.3 is 10.8 Å². The Balaban J connectivity index is 2.37. The van der Waals surface area contributed by atoms with Crippen LogP contribution in [0.5, 0.6) is 0 Å². The van der Waals surface area contributed by atoms with Gasteiger partial charge in [0.25, 0.3) is 0 Å². The number of amides is 1. The molecule has 9 heteroatoms. The van der Waals surface area contributed by atoms with E-state index in [4.69, 9.17) is 10.8 Å². The number of hydrogen-bond donors (Lipinski definition) is 2. The second-order valence-corrected chi connectivity index (χ2v) is 6.25. The van der Waals surface area contributed by atoms with Gasteiger partial charge in [0, 0.05) is 12.5 Å². The van der Waals surface area contributed by atoms with Crippen LogP contribution in [0.4, 0.5) is 0 Å². The fourth-order valence-corrected chi connectivity index (χ4v) is 3.32. The summed E-state index contributed by atoms with van der Waals surface area (Å²) in [5, 5.41) is 19.3. The Kier molecular flexibility index (Phi) is 4.97. The van der Waals surface area contributed by atoms with Crippen LogP contribution < -0.4 is 5.73 Å². The molecule has 112 valence electrons. The Morgan fingerprint density at radius 3 is 2.86 bits per heavy atom. The predicted molar refractivity (Wildman–Crippen MR) is 80.2 cm³/mol. The van der Waals surface area contributed by atoms with Crippen molar-refractivity contribution >= 4 is 35.0 Å². The molecule has 0 bridgehead atoms. The highest BCUT2D eigenvalue weighted by molar-refractivity contribution is 7.99. The lowest BCUT2D eigenvalue weighted by atomic mass is 10.2. The van der Waals surface area contributed by atoms with Crippen LogP contribution in [0, 0.1) is 0 Å². The molecular formula is C12H14N4O3S2. The van der Waals surface area contributed by atoms with Gasteiger partial charge in [-0.1, -0.05) is 17.8 Å². The van der Waals surface area contributed by atoms with E-state index in [1.54, 1.807) is 4.57 Å². The SMILES string of the molecule is CC(CC(N)=O)n1c(SCC(=O)O)nnc1-c1cccs1. The third kappa shape index (κ3) is 3.82. The number of aliphatic carboxylic acids is 1. The minimum Gasteiger partial charge on any atom is -0.481 e. The van der Waals surface area contributed by atoms with E-state index in [9.17, 15) is 9.59 Å². The quantitative estimate of drug-likeness (QED) is 0.748. The van der Waals surface area contributed by atoms with Crippen molar-refractivity contribution in [3.8, 4) is 10.7 Å². The molecule has 2 heterocycles. The fraction of sp³-hybridized carbons (Fsp3) is 0.333. The number of aromatic nitrogens is 3. The van der Waals surface area contributed by atoms with Crippen molar-refractivity contribution in [1.29, 1.82) is 0 Å². The van der Waals surface area contributed by atoms with E-state index < -0.39 is 11.9 Å². The van der Waals surface area contributed by atoms with Crippen molar-refractivity contribution in [3.05, 3.63) is 17.5 Å². The lowest BCUT2D eigenvalue weighted by Crippen LogP contribution is -2.18. The second kappa shape index (κ2) is 6.72. The summed E-state index contributed by atoms with van der Waals surface area (Å²) in [5.74, 6) is -0.866. The maximum absolute atomic E-state index is 11.1. The fourth-order valence-electron chi connectivity index (χ4n) is 1.86. The summed E-state index contributed by atoms with van der Waals surface area (Å²) < 4.78 is 1.77. The Morgan fingerprint density at radius 1 is 1.52 bits per heavy atom. The van der Waals surface area contributed by atoms with Gasteiger partial charge >= 0.3 is 5.97 Å². The molecule has 0 aromatic carbocycles. The lowest BCUT2D eigenvalue weighted by molar-refractivity contribution is -0.134. The van der Waals surface area contributed by atoms with Gasteiger partial charge in [-0.15, -0.1) is 21.5 Å². The van der Waals surface area contributed by atoms with Gasteiger partial charge in [-0.05, 0) is 18.4 Å². The number of thioether (sulfide) groups is 1. The van der Waals surface area contributed by atoms with Crippen molar-refractivity contribution in [2.45, 2.75) is 24.5 Å². The summed E-state index contributed by atoms with van der Waals surface area (Å²) in [5.41, 5.74) is 5.25. The van der Waals surface area contributed by atoms with Crippen LogP contribution in [0.15, 0.2) is 22.7 Å². The summed E-state index contributed by atoms with van der Waals surface area (Å²) in [6, 6.07) is 3.54. The third-order valence-electron chi connectivity index (χ3n) is 2.67. The average molecular weight is 326 g/mol. The molecule has 0 aliphatic heterocycles. The number of rotatable bonds is 7. The maximum atomic E-state index is 11.1. The van der Waals surface area contributed by atoms with Crippen LogP contribution in [0.3, 0.4) is 0 Å². The van der Waals surface area contributed by atoms with E-state index in [1.165, 1.54) is 11.3 Å². The van der Waals surface area contributed by atoms with E-state index in [0.29, 0.717) is 11.0 Å². The topological polar surface area (TPSA) is 111 Å². The Labute approximate surface area is 129 Å². The number of primary amides is 1. The van der Waals surface area contributed by atoms with Gasteiger partial charge in [-0.3, -0.25) is 14.2 Å². The Morgan fingerprint density at radius 2 is 2.29 bits per heavy atom. The molecule has 3 N–H and O–H groups in total. The molecule has 21 heavy (non-hydrogen) atoms. The summed E-state index contributed by atoms with van der Waals surface area (Å²) >= 11 is 2.57. The normalized spacial score (nSPS) is 12.2. The lowest BCUT2D eigenvalue weighted by Gasteiger charge is -2.15. The maximum Gasteiger partial charge on any atom is 0.313 e. The van der Waals surface area contributed by atoms with E-state index in [0.717, 1.165) is 16.6 Å². The van der Waals surface area contributed by atoms with Gasteiger partial charge in [0.2, 0.25) is 5.91 Å². The van der Waals surface area contributed by atoms with Crippen molar-refractivity contribution < 1.29 is 14.7 Å². The molecule has 2 aromatic rings. The van der Waals surface area contributed by atoms with Gasteiger partial charge in [0.05, 0.1) is 10.6 Å². The standard InChI is InChI=1S/C12H14N4O3S2/c1-7(5-9(13)17)16-11(8-3-2-4-20-8)14-15-12(16)21-6-10(18)19/h2-4,7H,5-6H2,1H3,(H2,13,17)(H,18,19). The van der Waals surface area contributed by atoms with Crippen molar-refractivity contribution in [1.82, 2.24) is 14.8 Å². The van der Waals surface area contributed by atoms with Crippen molar-refractivity contribution in [2.75, 3.05) is 5.75 Å². The first-order chi connectivity index (χ1) is 9.99. The number of thiophene rings is 1. The number of hydrogen-bond acceptors (Lipinski definition) is 6. The highest BCUT2D eigenvalue weighted by Gasteiger charge is 2.21. The summed E-state index contributed by atoms with van der Waals surface area (Å²) in [6.45, 7) is 1.83. The zero-order valence-corrected chi connectivity index (χ0v) is 12.9. The van der Waals surface area contributed by atoms with Crippen LogP contribution in [0.1, 0.15) is 19.4 Å². The first-order valence-corrected chi connectivity index (χ1v) is 7.97. The Hall–Kier alpha value is -1.87. The highest BCUT2D eigenvalue weighted by Crippen LogP contribution is 2.31. The molecule has 2 rings (SSSR count).